The molecule has 29 heavy (non-hydrogen) atoms. The molecule has 0 rings (SSSR count). The summed E-state index contributed by atoms with van der Waals surface area (Å²) >= 11 is 0. The Hall–Kier alpha value is 0.210. The van der Waals surface area contributed by atoms with Gasteiger partial charge in [-0.1, -0.05) is 20.8 Å². The topological polar surface area (TPSA) is 141 Å². The monoisotopic (exact) mass is 506 g/mol. The Labute approximate surface area is 189 Å². The first-order valence-corrected chi connectivity index (χ1v) is 13.1. The normalized spacial score (nSPS) is 12.7. The lowest BCUT2D eigenvalue weighted by Gasteiger charge is -2.13. The lowest BCUT2D eigenvalue weighted by molar-refractivity contribution is 0.148. The van der Waals surface area contributed by atoms with Crippen molar-refractivity contribution in [1.82, 2.24) is 4.90 Å². The predicted octanol–water partition coefficient (Wildman–Crippen LogP) is 1.29. The van der Waals surface area contributed by atoms with E-state index in [2.05, 4.69) is 46.8 Å². The van der Waals surface area contributed by atoms with Crippen LogP contribution in [0.5, 0.6) is 0 Å². The molecule has 182 valence electrons. The quantitative estimate of drug-likeness (QED) is 0.239. The van der Waals surface area contributed by atoms with Gasteiger partial charge in [0.1, 0.15) is 0 Å². The van der Waals surface area contributed by atoms with Gasteiger partial charge in [-0.3, -0.25) is 4.18 Å². The van der Waals surface area contributed by atoms with Crippen molar-refractivity contribution in [1.29, 1.82) is 0 Å². The van der Waals surface area contributed by atoms with Crippen molar-refractivity contribution in [2.24, 2.45) is 0 Å². The number of hydrogen-bond acceptors (Lipinski definition) is 9. The first kappa shape index (κ1) is 39.7. The average molecular weight is 507 g/mol. The number of nitrogens with zero attached hydrogens (tertiary/aromatic N) is 1. The summed E-state index contributed by atoms with van der Waals surface area (Å²) in [7, 11) is -2.41. The maximum atomic E-state index is 10.4. The number of halogens is 1. The highest BCUT2D eigenvalue weighted by molar-refractivity contribution is 8.14. The van der Waals surface area contributed by atoms with Crippen molar-refractivity contribution < 1.29 is 36.3 Å². The molecule has 0 saturated heterocycles. The van der Waals surface area contributed by atoms with E-state index < -0.39 is 25.3 Å². The van der Waals surface area contributed by atoms with Crippen LogP contribution in [0.2, 0.25) is 0 Å². The molecule has 0 aliphatic carbocycles. The van der Waals surface area contributed by atoms with Gasteiger partial charge in [0, 0.05) is 13.2 Å². The summed E-state index contributed by atoms with van der Waals surface area (Å²) < 4.78 is 43.9. The molecule has 0 spiro atoms. The molecule has 0 amide bonds. The van der Waals surface area contributed by atoms with Crippen molar-refractivity contribution in [2.45, 2.75) is 59.7 Å². The number of hydrogen-bond donors (Lipinski definition) is 3. The summed E-state index contributed by atoms with van der Waals surface area (Å²) in [6, 6.07) is 0. The van der Waals surface area contributed by atoms with E-state index in [1.165, 1.54) is 19.6 Å². The molecule has 2 atom stereocenters. The molecule has 0 radical (unpaired) electrons. The van der Waals surface area contributed by atoms with Gasteiger partial charge in [-0.15, -0.1) is 0 Å². The number of aliphatic hydroxyl groups is 3. The molecular weight excluding hydrogens is 466 g/mol. The summed E-state index contributed by atoms with van der Waals surface area (Å²) in [5, 5.41) is 24.8. The molecule has 3 N–H and O–H groups in total. The molecule has 0 saturated carbocycles. The maximum absolute atomic E-state index is 10.4. The van der Waals surface area contributed by atoms with Gasteiger partial charge in [-0.05, 0) is 46.3 Å². The molecule has 0 aliphatic rings. The Morgan fingerprint density at radius 3 is 1.38 bits per heavy atom. The van der Waals surface area contributed by atoms with E-state index in [-0.39, 0.29) is 32.8 Å². The third-order valence-corrected chi connectivity index (χ3v) is 3.44. The second kappa shape index (κ2) is 24.5. The van der Waals surface area contributed by atoms with Gasteiger partial charge in [0.2, 0.25) is 6.26 Å². The van der Waals surface area contributed by atoms with E-state index in [1.54, 1.807) is 13.8 Å². The molecule has 0 bridgehead atoms. The van der Waals surface area contributed by atoms with Crippen LogP contribution in [0.1, 0.15) is 47.5 Å². The third-order valence-electron chi connectivity index (χ3n) is 2.76. The first-order valence-electron chi connectivity index (χ1n) is 8.85. The van der Waals surface area contributed by atoms with Gasteiger partial charge in [-0.25, -0.2) is 0 Å². The molecule has 0 aromatic carbocycles. The summed E-state index contributed by atoms with van der Waals surface area (Å²) in [4.78, 5) is 2.38. The van der Waals surface area contributed by atoms with Crippen molar-refractivity contribution in [2.75, 3.05) is 39.1 Å². The van der Waals surface area contributed by atoms with Crippen molar-refractivity contribution in [3.63, 3.8) is 0 Å². The van der Waals surface area contributed by atoms with Crippen LogP contribution in [0.15, 0.2) is 0 Å². The fraction of sp³-hybridized carbons (Fsp3) is 0.938. The lowest BCUT2D eigenvalue weighted by atomic mass is 10.3. The Balaban J connectivity index is -0.0000000904. The zero-order valence-corrected chi connectivity index (χ0v) is 21.7. The molecule has 0 aromatic heterocycles. The Bertz CT molecular complexity index is 499. The molecule has 1 unspecified atom stereocenters. The van der Waals surface area contributed by atoms with Crippen LogP contribution < -0.4 is 0 Å². The molecule has 0 fully saturated rings. The summed E-state index contributed by atoms with van der Waals surface area (Å²) in [5.74, 6) is 0. The van der Waals surface area contributed by atoms with Crippen LogP contribution in [-0.4, -0.2) is 88.4 Å². The second-order valence-corrected chi connectivity index (χ2v) is 9.73. The summed E-state index contributed by atoms with van der Waals surface area (Å²) in [6.45, 7) is 13.4. The predicted molar refractivity (Wildman–Crippen MR) is 124 cm³/mol. The highest BCUT2D eigenvalue weighted by Gasteiger charge is 2.08. The van der Waals surface area contributed by atoms with Gasteiger partial charge in [0.05, 0.1) is 29.1 Å². The van der Waals surface area contributed by atoms with Gasteiger partial charge >= 0.3 is 9.05 Å². The fourth-order valence-corrected chi connectivity index (χ4v) is 2.08. The second-order valence-electron chi connectivity index (χ2n) is 5.64. The zero-order valence-electron chi connectivity index (χ0n) is 18.3. The molecule has 0 aliphatic heterocycles. The van der Waals surface area contributed by atoms with E-state index in [4.69, 9.17) is 15.3 Å². The SMILES string of the molecule is CC(CCO)OS(C)(=O)=O.CCN(CC)CC.C[C@H](O)CCO.S.[CH2+]S(=O)(=O)Cl. The van der Waals surface area contributed by atoms with Crippen molar-refractivity contribution >= 4 is 43.3 Å². The Kier molecular flexibility index (Phi) is 33.5. The minimum Gasteiger partial charge on any atom is -0.396 e. The zero-order chi connectivity index (χ0) is 23.4. The summed E-state index contributed by atoms with van der Waals surface area (Å²) in [6.07, 6.45) is 3.54. The van der Waals surface area contributed by atoms with E-state index in [0.717, 1.165) is 6.26 Å². The largest absolute Gasteiger partial charge is 0.396 e. The smallest absolute Gasteiger partial charge is 0.377 e. The van der Waals surface area contributed by atoms with Gasteiger partial charge in [-0.2, -0.15) is 30.3 Å². The highest BCUT2D eigenvalue weighted by Crippen LogP contribution is 1.99. The third kappa shape index (κ3) is 65.4. The fourth-order valence-electron chi connectivity index (χ4n) is 1.39. The minimum absolute atomic E-state index is 0. The van der Waals surface area contributed by atoms with Crippen LogP contribution in [0.3, 0.4) is 0 Å². The van der Waals surface area contributed by atoms with Crippen LogP contribution in [-0.2, 0) is 23.4 Å². The van der Waals surface area contributed by atoms with E-state index in [1.807, 2.05) is 0 Å². The van der Waals surface area contributed by atoms with Crippen molar-refractivity contribution in [3.05, 3.63) is 6.26 Å². The average Bonchev–Trinajstić information content (AvgIpc) is 2.46. The van der Waals surface area contributed by atoms with Crippen LogP contribution in [0, 0.1) is 6.26 Å². The van der Waals surface area contributed by atoms with E-state index in [0.29, 0.717) is 12.8 Å². The Morgan fingerprint density at radius 2 is 1.28 bits per heavy atom. The molecule has 0 heterocycles. The van der Waals surface area contributed by atoms with E-state index in [9.17, 15) is 16.8 Å². The number of aliphatic hydroxyl groups excluding tert-OH is 3. The molecule has 13 heteroatoms. The minimum atomic E-state index is -3.44. The molecule has 0 aromatic rings. The van der Waals surface area contributed by atoms with Gasteiger partial charge < -0.3 is 20.2 Å². The van der Waals surface area contributed by atoms with Crippen LogP contribution >= 0.6 is 24.2 Å². The first-order chi connectivity index (χ1) is 12.6. The van der Waals surface area contributed by atoms with E-state index >= 15 is 0 Å². The van der Waals surface area contributed by atoms with Crippen LogP contribution in [0.25, 0.3) is 0 Å². The van der Waals surface area contributed by atoms with Gasteiger partial charge in [0.15, 0.2) is 0 Å². The highest BCUT2D eigenvalue weighted by atomic mass is 35.7. The molecular formula is C16H41ClNO8S3+. The van der Waals surface area contributed by atoms with Crippen LogP contribution in [0.4, 0.5) is 0 Å². The Morgan fingerprint density at radius 1 is 0.966 bits per heavy atom. The lowest BCUT2D eigenvalue weighted by Crippen LogP contribution is -2.21. The van der Waals surface area contributed by atoms with Crippen molar-refractivity contribution in [3.8, 4) is 0 Å². The summed E-state index contributed by atoms with van der Waals surface area (Å²) in [5.41, 5.74) is 0. The van der Waals surface area contributed by atoms with Gasteiger partial charge in [0.25, 0.3) is 10.1 Å². The molecule has 9 nitrogen and oxygen atoms in total. The number of rotatable bonds is 9. The standard InChI is InChI=1S/C6H15N.C5H12O4S.C4H10O2.CH2ClO2S.H2S/c1-4-7(5-2)6-3;1-5(3-4-6)9-10(2,7)8;1-4(6)2-3-5;1-5(2,3)4;/h4-6H2,1-3H3;5-6H,3-4H2,1-2H3;4-6H,2-3H2,1H3;1H2;1H2/q;;;+1;/t;;4-;;/m..0../s1. The maximum Gasteiger partial charge on any atom is 0.377 e.